The molecule has 0 amide bonds. The van der Waals surface area contributed by atoms with Crippen molar-refractivity contribution in [3.05, 3.63) is 29.9 Å². The molecule has 0 N–H and O–H groups in total. The highest BCUT2D eigenvalue weighted by Gasteiger charge is 1.92. The lowest BCUT2D eigenvalue weighted by molar-refractivity contribution is 0.556. The number of pyridine rings is 1. The number of aryl methyl sites for hydroxylation is 1. The number of unbranched alkanes of at least 4 members (excludes halogenated alkanes) is 10. The normalized spacial score (nSPS) is 10.9. The first kappa shape index (κ1) is 20.0. The molecule has 0 saturated carbocycles. The summed E-state index contributed by atoms with van der Waals surface area (Å²) in [6, 6.07) is 4.32. The third-order valence-electron chi connectivity index (χ3n) is 4.45. The maximum Gasteiger partial charge on any atom is 0.0603 e. The number of hydrogen-bond donors (Lipinski definition) is 0. The van der Waals surface area contributed by atoms with E-state index in [0.29, 0.717) is 0 Å². The summed E-state index contributed by atoms with van der Waals surface area (Å²) in [6.45, 7) is 6.66. The Labute approximate surface area is 144 Å². The van der Waals surface area contributed by atoms with Crippen LogP contribution in [0.5, 0.6) is 0 Å². The molecule has 0 spiro atoms. The maximum atomic E-state index is 4.68. The summed E-state index contributed by atoms with van der Waals surface area (Å²) >= 11 is 0. The number of hydrogen-bond acceptors (Lipinski definition) is 1. The zero-order chi connectivity index (χ0) is 16.6. The predicted molar refractivity (Wildman–Crippen MR) is 102 cm³/mol. The summed E-state index contributed by atoms with van der Waals surface area (Å²) < 4.78 is 2.30. The first-order chi connectivity index (χ1) is 11.4. The minimum absolute atomic E-state index is 0.980. The molecule has 1 aromatic heterocycles. The standard InChI is InChI=1S/C21H38N2/c1-3-5-7-9-11-13-17-22-21-15-19-23(20-16-21)18-14-12-10-8-6-4-2/h15-16,19-20H,3-14,17-18H2,1-2H3. The van der Waals surface area contributed by atoms with Crippen molar-refractivity contribution in [3.63, 3.8) is 0 Å². The largest absolute Gasteiger partial charge is 0.354 e. The maximum absolute atomic E-state index is 4.68. The Morgan fingerprint density at radius 2 is 1.22 bits per heavy atom. The SMILES string of the molecule is CCCCCCCCN=c1ccn(CCCCCCCC)cc1. The van der Waals surface area contributed by atoms with Gasteiger partial charge >= 0.3 is 0 Å². The van der Waals surface area contributed by atoms with Crippen LogP contribution in [0, 0.1) is 0 Å². The van der Waals surface area contributed by atoms with E-state index in [0.717, 1.165) is 18.4 Å². The van der Waals surface area contributed by atoms with Crippen LogP contribution < -0.4 is 5.36 Å². The van der Waals surface area contributed by atoms with Gasteiger partial charge in [0.1, 0.15) is 0 Å². The van der Waals surface area contributed by atoms with Gasteiger partial charge in [0.2, 0.25) is 0 Å². The Hall–Kier alpha value is -1.05. The van der Waals surface area contributed by atoms with E-state index in [1.54, 1.807) is 0 Å². The fraction of sp³-hybridized carbons (Fsp3) is 0.762. The van der Waals surface area contributed by atoms with Gasteiger partial charge in [-0.1, -0.05) is 78.1 Å². The van der Waals surface area contributed by atoms with Crippen molar-refractivity contribution in [1.29, 1.82) is 0 Å². The van der Waals surface area contributed by atoms with Gasteiger partial charge in [-0.15, -0.1) is 0 Å². The molecule has 1 heterocycles. The highest BCUT2D eigenvalue weighted by atomic mass is 14.9. The average Bonchev–Trinajstić information content (AvgIpc) is 2.58. The Morgan fingerprint density at radius 1 is 0.696 bits per heavy atom. The molecule has 0 saturated heterocycles. The molecule has 0 aromatic carbocycles. The molecule has 0 aliphatic carbocycles. The van der Waals surface area contributed by atoms with Gasteiger partial charge in [0, 0.05) is 25.5 Å². The third-order valence-corrected chi connectivity index (χ3v) is 4.45. The van der Waals surface area contributed by atoms with Crippen LogP contribution in [-0.2, 0) is 6.54 Å². The topological polar surface area (TPSA) is 17.3 Å². The molecule has 0 aliphatic rings. The molecule has 2 heteroatoms. The molecule has 0 unspecified atom stereocenters. The second kappa shape index (κ2) is 14.5. The quantitative estimate of drug-likeness (QED) is 0.368. The summed E-state index contributed by atoms with van der Waals surface area (Å²) in [4.78, 5) is 4.68. The zero-order valence-electron chi connectivity index (χ0n) is 15.6. The second-order valence-corrected chi connectivity index (χ2v) is 6.71. The van der Waals surface area contributed by atoms with Gasteiger partial charge in [-0.3, -0.25) is 4.99 Å². The van der Waals surface area contributed by atoms with Crippen molar-refractivity contribution < 1.29 is 0 Å². The van der Waals surface area contributed by atoms with Crippen LogP contribution >= 0.6 is 0 Å². The van der Waals surface area contributed by atoms with Crippen LogP contribution in [0.25, 0.3) is 0 Å². The van der Waals surface area contributed by atoms with Crippen LogP contribution in [0.3, 0.4) is 0 Å². The van der Waals surface area contributed by atoms with Gasteiger partial charge in [0.25, 0.3) is 0 Å². The monoisotopic (exact) mass is 318 g/mol. The van der Waals surface area contributed by atoms with Crippen molar-refractivity contribution in [3.8, 4) is 0 Å². The van der Waals surface area contributed by atoms with Crippen LogP contribution in [-0.4, -0.2) is 11.1 Å². The first-order valence-corrected chi connectivity index (χ1v) is 10.0. The fourth-order valence-electron chi connectivity index (χ4n) is 2.88. The summed E-state index contributed by atoms with van der Waals surface area (Å²) in [6.07, 6.45) is 20.6. The van der Waals surface area contributed by atoms with Gasteiger partial charge in [0.05, 0.1) is 5.36 Å². The van der Waals surface area contributed by atoms with Crippen molar-refractivity contribution in [2.24, 2.45) is 4.99 Å². The number of rotatable bonds is 14. The Morgan fingerprint density at radius 3 is 1.83 bits per heavy atom. The van der Waals surface area contributed by atoms with Gasteiger partial charge in [-0.2, -0.15) is 0 Å². The number of nitrogens with zero attached hydrogens (tertiary/aromatic N) is 2. The molecule has 132 valence electrons. The van der Waals surface area contributed by atoms with Crippen LogP contribution in [0.4, 0.5) is 0 Å². The van der Waals surface area contributed by atoms with E-state index in [-0.39, 0.29) is 0 Å². The molecule has 0 fully saturated rings. The van der Waals surface area contributed by atoms with Gasteiger partial charge in [-0.05, 0) is 25.0 Å². The molecule has 2 nitrogen and oxygen atoms in total. The fourth-order valence-corrected chi connectivity index (χ4v) is 2.88. The third kappa shape index (κ3) is 11.2. The van der Waals surface area contributed by atoms with E-state index in [9.17, 15) is 0 Å². The summed E-state index contributed by atoms with van der Waals surface area (Å²) in [7, 11) is 0. The molecule has 0 aliphatic heterocycles. The molecule has 0 atom stereocenters. The highest BCUT2D eigenvalue weighted by Crippen LogP contribution is 2.06. The van der Waals surface area contributed by atoms with Crippen LogP contribution in [0.1, 0.15) is 90.9 Å². The molecule has 1 aromatic rings. The smallest absolute Gasteiger partial charge is 0.0603 e. The van der Waals surface area contributed by atoms with E-state index in [1.807, 2.05) is 0 Å². The van der Waals surface area contributed by atoms with Gasteiger partial charge < -0.3 is 4.57 Å². The minimum atomic E-state index is 0.980. The van der Waals surface area contributed by atoms with E-state index < -0.39 is 0 Å². The van der Waals surface area contributed by atoms with Crippen molar-refractivity contribution >= 4 is 0 Å². The lowest BCUT2D eigenvalue weighted by atomic mass is 10.1. The molecule has 1 rings (SSSR count). The predicted octanol–water partition coefficient (Wildman–Crippen LogP) is 6.11. The van der Waals surface area contributed by atoms with E-state index in [2.05, 4.69) is 47.9 Å². The lowest BCUT2D eigenvalue weighted by Gasteiger charge is -2.06. The molecule has 0 bridgehead atoms. The molecule has 23 heavy (non-hydrogen) atoms. The number of aromatic nitrogens is 1. The summed E-state index contributed by atoms with van der Waals surface area (Å²) in [5.74, 6) is 0. The van der Waals surface area contributed by atoms with Crippen LogP contribution in [0.2, 0.25) is 0 Å². The molecule has 0 radical (unpaired) electrons. The van der Waals surface area contributed by atoms with Gasteiger partial charge in [-0.25, -0.2) is 0 Å². The van der Waals surface area contributed by atoms with Gasteiger partial charge in [0.15, 0.2) is 0 Å². The summed E-state index contributed by atoms with van der Waals surface area (Å²) in [5, 5.41) is 1.14. The average molecular weight is 319 g/mol. The van der Waals surface area contributed by atoms with Crippen molar-refractivity contribution in [2.75, 3.05) is 6.54 Å². The van der Waals surface area contributed by atoms with E-state index >= 15 is 0 Å². The second-order valence-electron chi connectivity index (χ2n) is 6.71. The first-order valence-electron chi connectivity index (χ1n) is 10.0. The summed E-state index contributed by atoms with van der Waals surface area (Å²) in [5.41, 5.74) is 0. The lowest BCUT2D eigenvalue weighted by Crippen LogP contribution is -2.06. The van der Waals surface area contributed by atoms with Crippen molar-refractivity contribution in [2.45, 2.75) is 97.4 Å². The Bertz CT molecular complexity index is 413. The van der Waals surface area contributed by atoms with E-state index in [1.165, 1.54) is 77.0 Å². The van der Waals surface area contributed by atoms with Crippen LogP contribution in [0.15, 0.2) is 29.5 Å². The Kier molecular flexibility index (Phi) is 12.6. The molecular weight excluding hydrogens is 280 g/mol. The zero-order valence-corrected chi connectivity index (χ0v) is 15.6. The van der Waals surface area contributed by atoms with Crippen molar-refractivity contribution in [1.82, 2.24) is 4.57 Å². The molecular formula is C21H38N2. The highest BCUT2D eigenvalue weighted by molar-refractivity contribution is 4.93. The van der Waals surface area contributed by atoms with E-state index in [4.69, 9.17) is 0 Å². The minimum Gasteiger partial charge on any atom is -0.354 e. The Balaban J connectivity index is 2.13.